The van der Waals surface area contributed by atoms with Gasteiger partial charge in [0.25, 0.3) is 0 Å². The topological polar surface area (TPSA) is 65.1 Å². The lowest BCUT2D eigenvalue weighted by atomic mass is 9.74. The molecule has 6 heteroatoms. The van der Waals surface area contributed by atoms with Crippen molar-refractivity contribution < 1.29 is 4.79 Å². The van der Waals surface area contributed by atoms with Gasteiger partial charge in [0.15, 0.2) is 0 Å². The van der Waals surface area contributed by atoms with Crippen LogP contribution >= 0.6 is 0 Å². The van der Waals surface area contributed by atoms with Gasteiger partial charge in [-0.25, -0.2) is 9.97 Å². The lowest BCUT2D eigenvalue weighted by Gasteiger charge is -2.44. The maximum absolute atomic E-state index is 11.3. The van der Waals surface area contributed by atoms with E-state index >= 15 is 0 Å². The molecule has 0 radical (unpaired) electrons. The fourth-order valence-electron chi connectivity index (χ4n) is 7.90. The van der Waals surface area contributed by atoms with E-state index in [0.29, 0.717) is 11.0 Å². The number of anilines is 1. The molecule has 3 aliphatic rings. The summed E-state index contributed by atoms with van der Waals surface area (Å²) in [6.45, 7) is 6.75. The van der Waals surface area contributed by atoms with Crippen molar-refractivity contribution in [1.82, 2.24) is 19.9 Å². The Labute approximate surface area is 246 Å². The maximum atomic E-state index is 11.3. The van der Waals surface area contributed by atoms with Crippen molar-refractivity contribution in [2.45, 2.75) is 51.0 Å². The molecule has 8 rings (SSSR count). The van der Waals surface area contributed by atoms with Gasteiger partial charge in [-0.3, -0.25) is 9.69 Å². The highest BCUT2D eigenvalue weighted by molar-refractivity contribution is 6.12. The molecule has 0 atom stereocenters. The van der Waals surface area contributed by atoms with Crippen molar-refractivity contribution in [3.05, 3.63) is 89.7 Å². The zero-order valence-corrected chi connectivity index (χ0v) is 24.2. The van der Waals surface area contributed by atoms with Crippen molar-refractivity contribution in [2.24, 2.45) is 5.41 Å². The lowest BCUT2D eigenvalue weighted by Crippen LogP contribution is -2.46. The van der Waals surface area contributed by atoms with Gasteiger partial charge in [0.1, 0.15) is 18.3 Å². The van der Waals surface area contributed by atoms with Crippen LogP contribution in [0.4, 0.5) is 5.69 Å². The Kier molecular flexibility index (Phi) is 6.14. The molecule has 0 amide bonds. The number of fused-ring (bicyclic) bond motifs is 3. The number of carbonyl (C=O) groups excluding carboxylic acids is 1. The first-order valence-corrected chi connectivity index (χ1v) is 15.5. The van der Waals surface area contributed by atoms with Crippen LogP contribution in [0, 0.1) is 12.3 Å². The standard InChI is InChI=1S/C36H37N5O/c1-24-17-26(7-8-27(24)21-42)34-33-31-10-9-29(20-32(31)39-35(33)38-23-37-34)40-14-11-36(12-15-40)13-16-41(22-36)30-18-28(19-30)25-5-3-2-4-6-25/h2-10,17,20-21,23,28,30H,11-16,18-19,22H2,1H3,(H,37,38,39). The predicted octanol–water partition coefficient (Wildman–Crippen LogP) is 7.14. The maximum Gasteiger partial charge on any atom is 0.150 e. The number of rotatable bonds is 5. The molecule has 2 saturated heterocycles. The fourth-order valence-corrected chi connectivity index (χ4v) is 7.90. The van der Waals surface area contributed by atoms with E-state index in [4.69, 9.17) is 0 Å². The van der Waals surface area contributed by atoms with Gasteiger partial charge in [0, 0.05) is 53.4 Å². The third-order valence-corrected chi connectivity index (χ3v) is 10.6. The van der Waals surface area contributed by atoms with E-state index in [9.17, 15) is 4.79 Å². The van der Waals surface area contributed by atoms with Gasteiger partial charge in [-0.15, -0.1) is 0 Å². The van der Waals surface area contributed by atoms with Crippen LogP contribution in [0.25, 0.3) is 33.2 Å². The molecule has 3 fully saturated rings. The highest BCUT2D eigenvalue weighted by Crippen LogP contribution is 2.47. The van der Waals surface area contributed by atoms with Gasteiger partial charge in [0.2, 0.25) is 0 Å². The van der Waals surface area contributed by atoms with Gasteiger partial charge in [-0.1, -0.05) is 48.5 Å². The number of nitrogens with one attached hydrogen (secondary N) is 1. The smallest absolute Gasteiger partial charge is 0.150 e. The molecule has 6 nitrogen and oxygen atoms in total. The van der Waals surface area contributed by atoms with E-state index < -0.39 is 0 Å². The fraction of sp³-hybridized carbons (Fsp3) is 0.361. The molecule has 42 heavy (non-hydrogen) atoms. The zero-order valence-electron chi connectivity index (χ0n) is 24.2. The molecule has 4 heterocycles. The van der Waals surface area contributed by atoms with Crippen LogP contribution < -0.4 is 4.90 Å². The minimum atomic E-state index is 0.488. The number of hydrogen-bond acceptors (Lipinski definition) is 5. The van der Waals surface area contributed by atoms with E-state index in [0.717, 1.165) is 70.1 Å². The van der Waals surface area contributed by atoms with Gasteiger partial charge >= 0.3 is 0 Å². The largest absolute Gasteiger partial charge is 0.371 e. The number of piperidine rings is 1. The number of carbonyl (C=O) groups is 1. The van der Waals surface area contributed by atoms with E-state index in [1.807, 2.05) is 25.1 Å². The Morgan fingerprint density at radius 3 is 2.52 bits per heavy atom. The summed E-state index contributed by atoms with van der Waals surface area (Å²) in [6, 6.07) is 24.5. The summed E-state index contributed by atoms with van der Waals surface area (Å²) in [4.78, 5) is 29.5. The van der Waals surface area contributed by atoms with E-state index in [2.05, 4.69) is 73.3 Å². The first-order chi connectivity index (χ1) is 20.6. The Morgan fingerprint density at radius 1 is 0.929 bits per heavy atom. The van der Waals surface area contributed by atoms with E-state index in [-0.39, 0.29) is 0 Å². The summed E-state index contributed by atoms with van der Waals surface area (Å²) >= 11 is 0. The number of H-pyrrole nitrogens is 1. The van der Waals surface area contributed by atoms with Crippen LogP contribution in [-0.4, -0.2) is 58.4 Å². The number of benzene rings is 3. The number of aromatic amines is 1. The molecular weight excluding hydrogens is 518 g/mol. The highest BCUT2D eigenvalue weighted by atomic mass is 16.1. The number of aldehydes is 1. The Hall–Kier alpha value is -4.03. The van der Waals surface area contributed by atoms with Crippen molar-refractivity contribution in [3.8, 4) is 11.3 Å². The van der Waals surface area contributed by atoms with Crippen molar-refractivity contribution in [1.29, 1.82) is 0 Å². The summed E-state index contributed by atoms with van der Waals surface area (Å²) in [7, 11) is 0. The number of hydrogen-bond donors (Lipinski definition) is 1. The van der Waals surface area contributed by atoms with Crippen LogP contribution in [0.2, 0.25) is 0 Å². The first kappa shape index (κ1) is 25.7. The first-order valence-electron chi connectivity index (χ1n) is 15.5. The summed E-state index contributed by atoms with van der Waals surface area (Å²) < 4.78 is 0. The monoisotopic (exact) mass is 555 g/mol. The molecule has 2 aliphatic heterocycles. The number of nitrogens with zero attached hydrogens (tertiary/aromatic N) is 4. The number of aryl methyl sites for hydroxylation is 1. The second kappa shape index (κ2) is 10.1. The molecule has 0 bridgehead atoms. The van der Waals surface area contributed by atoms with Crippen LogP contribution in [0.1, 0.15) is 59.5 Å². The van der Waals surface area contributed by atoms with Crippen molar-refractivity contribution >= 4 is 33.9 Å². The van der Waals surface area contributed by atoms with Crippen molar-refractivity contribution in [2.75, 3.05) is 31.1 Å². The summed E-state index contributed by atoms with van der Waals surface area (Å²) in [5.41, 5.74) is 8.79. The van der Waals surface area contributed by atoms with E-state index in [1.165, 1.54) is 56.4 Å². The van der Waals surface area contributed by atoms with Crippen LogP contribution in [0.15, 0.2) is 73.1 Å². The third kappa shape index (κ3) is 4.31. The predicted molar refractivity (Wildman–Crippen MR) is 169 cm³/mol. The molecule has 2 aromatic heterocycles. The van der Waals surface area contributed by atoms with Gasteiger partial charge in [-0.2, -0.15) is 0 Å². The average Bonchev–Trinajstić information content (AvgIpc) is 3.58. The lowest BCUT2D eigenvalue weighted by molar-refractivity contribution is 0.111. The number of aromatic nitrogens is 3. The summed E-state index contributed by atoms with van der Waals surface area (Å²) in [6.07, 6.45) is 9.08. The molecule has 1 saturated carbocycles. The van der Waals surface area contributed by atoms with Crippen LogP contribution in [0.3, 0.4) is 0 Å². The summed E-state index contributed by atoms with van der Waals surface area (Å²) in [5.74, 6) is 0.753. The quantitative estimate of drug-likeness (QED) is 0.234. The molecule has 0 unspecified atom stereocenters. The Balaban J connectivity index is 0.968. The molecule has 1 aliphatic carbocycles. The molecule has 212 valence electrons. The van der Waals surface area contributed by atoms with Gasteiger partial charge < -0.3 is 9.88 Å². The third-order valence-electron chi connectivity index (χ3n) is 10.6. The Morgan fingerprint density at radius 2 is 1.74 bits per heavy atom. The average molecular weight is 556 g/mol. The molecule has 5 aromatic rings. The minimum absolute atomic E-state index is 0.488. The SMILES string of the molecule is Cc1cc(-c2ncnc3[nH]c4cc(N5CCC6(CC5)CCN(C5CC(c7ccccc7)C5)C6)ccc4c23)ccc1C=O. The second-order valence-corrected chi connectivity index (χ2v) is 12.9. The second-order valence-electron chi connectivity index (χ2n) is 12.9. The van der Waals surface area contributed by atoms with Crippen LogP contribution in [0.5, 0.6) is 0 Å². The minimum Gasteiger partial charge on any atom is -0.371 e. The van der Waals surface area contributed by atoms with Crippen LogP contribution in [-0.2, 0) is 0 Å². The number of likely N-dealkylation sites (tertiary alicyclic amines) is 1. The Bertz CT molecular complexity index is 1780. The molecule has 1 N–H and O–H groups in total. The summed E-state index contributed by atoms with van der Waals surface area (Å²) in [5, 5.41) is 2.17. The molecule has 1 spiro atoms. The van der Waals surface area contributed by atoms with Gasteiger partial charge in [0.05, 0.1) is 11.1 Å². The van der Waals surface area contributed by atoms with E-state index in [1.54, 1.807) is 6.33 Å². The molecule has 3 aromatic carbocycles. The molecular formula is C36H37N5O. The normalized spacial score (nSPS) is 22.2. The van der Waals surface area contributed by atoms with Gasteiger partial charge in [-0.05, 0) is 86.2 Å². The highest BCUT2D eigenvalue weighted by Gasteiger charge is 2.45. The zero-order chi connectivity index (χ0) is 28.3. The van der Waals surface area contributed by atoms with Crippen molar-refractivity contribution in [3.63, 3.8) is 0 Å².